The van der Waals surface area contributed by atoms with Gasteiger partial charge in [0, 0.05) is 24.5 Å². The summed E-state index contributed by atoms with van der Waals surface area (Å²) in [6.45, 7) is 4.87. The molecular formula is C20H23N3O2. The van der Waals surface area contributed by atoms with Crippen molar-refractivity contribution in [3.63, 3.8) is 0 Å². The number of anilines is 1. The Hall–Kier alpha value is -2.66. The van der Waals surface area contributed by atoms with Crippen molar-refractivity contribution < 1.29 is 5.11 Å². The second-order valence-electron chi connectivity index (χ2n) is 6.30. The Morgan fingerprint density at radius 1 is 1.20 bits per heavy atom. The summed E-state index contributed by atoms with van der Waals surface area (Å²) >= 11 is 0. The van der Waals surface area contributed by atoms with Crippen molar-refractivity contribution in [2.24, 2.45) is 0 Å². The van der Waals surface area contributed by atoms with Crippen LogP contribution in [0.5, 0.6) is 0 Å². The molecule has 0 amide bonds. The summed E-state index contributed by atoms with van der Waals surface area (Å²) in [5.74, 6) is 0. The molecular weight excluding hydrogens is 314 g/mol. The summed E-state index contributed by atoms with van der Waals surface area (Å²) in [4.78, 5) is 19.1. The van der Waals surface area contributed by atoms with Gasteiger partial charge in [0.1, 0.15) is 5.65 Å². The van der Waals surface area contributed by atoms with Crippen molar-refractivity contribution in [1.82, 2.24) is 9.38 Å². The van der Waals surface area contributed by atoms with Crippen LogP contribution in [-0.4, -0.2) is 27.1 Å². The van der Waals surface area contributed by atoms with Crippen LogP contribution in [0.1, 0.15) is 24.6 Å². The van der Waals surface area contributed by atoms with Gasteiger partial charge >= 0.3 is 0 Å². The number of aryl methyl sites for hydroxylation is 1. The summed E-state index contributed by atoms with van der Waals surface area (Å²) in [6, 6.07) is 15.3. The highest BCUT2D eigenvalue weighted by Crippen LogP contribution is 2.17. The molecule has 0 unspecified atom stereocenters. The first-order chi connectivity index (χ1) is 12.1. The van der Waals surface area contributed by atoms with E-state index < -0.39 is 6.10 Å². The molecule has 0 spiro atoms. The van der Waals surface area contributed by atoms with Gasteiger partial charge in [-0.3, -0.25) is 9.20 Å². The average Bonchev–Trinajstić information content (AvgIpc) is 2.62. The van der Waals surface area contributed by atoms with Gasteiger partial charge in [-0.05, 0) is 37.1 Å². The first-order valence-corrected chi connectivity index (χ1v) is 8.54. The van der Waals surface area contributed by atoms with E-state index in [4.69, 9.17) is 0 Å². The van der Waals surface area contributed by atoms with Gasteiger partial charge in [0.2, 0.25) is 0 Å². The lowest BCUT2D eigenvalue weighted by molar-refractivity contribution is 0.175. The third-order valence-electron chi connectivity index (χ3n) is 4.24. The van der Waals surface area contributed by atoms with Crippen LogP contribution in [0.3, 0.4) is 0 Å². The van der Waals surface area contributed by atoms with Gasteiger partial charge in [-0.15, -0.1) is 0 Å². The molecule has 0 saturated carbocycles. The average molecular weight is 337 g/mol. The fourth-order valence-electron chi connectivity index (χ4n) is 2.82. The summed E-state index contributed by atoms with van der Waals surface area (Å²) in [7, 11) is 0. The van der Waals surface area contributed by atoms with Gasteiger partial charge in [-0.2, -0.15) is 0 Å². The smallest absolute Gasteiger partial charge is 0.258 e. The Balaban J connectivity index is 1.95. The highest BCUT2D eigenvalue weighted by atomic mass is 16.3. The van der Waals surface area contributed by atoms with Crippen molar-refractivity contribution in [3.8, 4) is 0 Å². The largest absolute Gasteiger partial charge is 0.391 e. The number of hydrogen-bond acceptors (Lipinski definition) is 4. The number of aromatic nitrogens is 2. The zero-order valence-corrected chi connectivity index (χ0v) is 14.6. The van der Waals surface area contributed by atoms with E-state index in [2.05, 4.69) is 9.88 Å². The lowest BCUT2D eigenvalue weighted by atomic mass is 10.2. The molecule has 0 saturated heterocycles. The fourth-order valence-corrected chi connectivity index (χ4v) is 2.82. The molecule has 1 atom stereocenters. The van der Waals surface area contributed by atoms with Crippen LogP contribution in [0.2, 0.25) is 0 Å². The number of aliphatic hydroxyl groups excluding tert-OH is 1. The Morgan fingerprint density at radius 2 is 1.96 bits per heavy atom. The zero-order valence-electron chi connectivity index (χ0n) is 14.6. The van der Waals surface area contributed by atoms with Crippen LogP contribution in [0.25, 0.3) is 5.65 Å². The van der Waals surface area contributed by atoms with E-state index in [9.17, 15) is 9.90 Å². The van der Waals surface area contributed by atoms with Crippen LogP contribution < -0.4 is 10.5 Å². The van der Waals surface area contributed by atoms with E-state index in [1.165, 1.54) is 0 Å². The summed E-state index contributed by atoms with van der Waals surface area (Å²) in [6.07, 6.45) is 2.05. The van der Waals surface area contributed by atoms with Gasteiger partial charge in [0.25, 0.3) is 5.56 Å². The number of hydrogen-bond donors (Lipinski definition) is 1. The number of rotatable bonds is 6. The van der Waals surface area contributed by atoms with Crippen molar-refractivity contribution in [1.29, 1.82) is 0 Å². The lowest BCUT2D eigenvalue weighted by Gasteiger charge is -2.26. The molecule has 5 heteroatoms. The van der Waals surface area contributed by atoms with E-state index in [1.54, 1.807) is 16.7 Å². The maximum atomic E-state index is 12.4. The molecule has 3 aromatic rings. The van der Waals surface area contributed by atoms with Crippen molar-refractivity contribution in [3.05, 3.63) is 76.3 Å². The molecule has 0 aliphatic carbocycles. The fraction of sp³-hybridized carbons (Fsp3) is 0.300. The lowest BCUT2D eigenvalue weighted by Crippen LogP contribution is -2.32. The highest BCUT2D eigenvalue weighted by Gasteiger charge is 2.13. The molecule has 130 valence electrons. The van der Waals surface area contributed by atoms with Gasteiger partial charge in [-0.25, -0.2) is 4.98 Å². The van der Waals surface area contributed by atoms with Gasteiger partial charge in [0.05, 0.1) is 18.3 Å². The second kappa shape index (κ2) is 7.49. The van der Waals surface area contributed by atoms with Gasteiger partial charge < -0.3 is 10.0 Å². The molecule has 3 rings (SSSR count). The van der Waals surface area contributed by atoms with Crippen LogP contribution in [-0.2, 0) is 6.54 Å². The Kier molecular flexibility index (Phi) is 5.14. The SMILES string of the molecule is CC[C@H](O)CN(Cc1cc(=O)n2cc(C)ccc2n1)c1ccccc1. The third kappa shape index (κ3) is 4.06. The first-order valence-electron chi connectivity index (χ1n) is 8.54. The normalized spacial score (nSPS) is 12.3. The maximum Gasteiger partial charge on any atom is 0.258 e. The van der Waals surface area contributed by atoms with Crippen molar-refractivity contribution >= 4 is 11.3 Å². The second-order valence-corrected chi connectivity index (χ2v) is 6.30. The molecule has 1 aromatic carbocycles. The number of benzene rings is 1. The number of fused-ring (bicyclic) bond motifs is 1. The van der Waals surface area contributed by atoms with E-state index in [-0.39, 0.29) is 5.56 Å². The molecule has 0 aliphatic rings. The van der Waals surface area contributed by atoms with Gasteiger partial charge in [0.15, 0.2) is 0 Å². The molecule has 0 aliphatic heterocycles. The predicted molar refractivity (Wildman–Crippen MR) is 100.0 cm³/mol. The van der Waals surface area contributed by atoms with E-state index in [0.29, 0.717) is 30.9 Å². The number of nitrogens with zero attached hydrogens (tertiary/aromatic N) is 3. The number of para-hydroxylation sites is 1. The first kappa shape index (κ1) is 17.2. The molecule has 2 aromatic heterocycles. The summed E-state index contributed by atoms with van der Waals surface area (Å²) in [5.41, 5.74) is 3.26. The molecule has 5 nitrogen and oxygen atoms in total. The van der Waals surface area contributed by atoms with Crippen molar-refractivity contribution in [2.75, 3.05) is 11.4 Å². The molecule has 0 fully saturated rings. The van der Waals surface area contributed by atoms with E-state index in [0.717, 1.165) is 11.3 Å². The van der Waals surface area contributed by atoms with E-state index >= 15 is 0 Å². The van der Waals surface area contributed by atoms with E-state index in [1.807, 2.05) is 56.3 Å². The zero-order chi connectivity index (χ0) is 17.8. The number of aliphatic hydroxyl groups is 1. The minimum Gasteiger partial charge on any atom is -0.391 e. The van der Waals surface area contributed by atoms with Crippen LogP contribution in [0.4, 0.5) is 5.69 Å². The highest BCUT2D eigenvalue weighted by molar-refractivity contribution is 5.47. The van der Waals surface area contributed by atoms with Crippen LogP contribution >= 0.6 is 0 Å². The Labute approximate surface area is 147 Å². The molecule has 2 heterocycles. The predicted octanol–water partition coefficient (Wildman–Crippen LogP) is 2.78. The quantitative estimate of drug-likeness (QED) is 0.751. The molecule has 0 bridgehead atoms. The maximum absolute atomic E-state index is 12.4. The Morgan fingerprint density at radius 3 is 2.68 bits per heavy atom. The monoisotopic (exact) mass is 337 g/mol. The van der Waals surface area contributed by atoms with Crippen LogP contribution in [0, 0.1) is 6.92 Å². The van der Waals surface area contributed by atoms with Gasteiger partial charge in [-0.1, -0.05) is 31.2 Å². The molecule has 1 N–H and O–H groups in total. The minimum atomic E-state index is -0.426. The Bertz CT molecular complexity index is 906. The number of pyridine rings is 1. The minimum absolute atomic E-state index is 0.0900. The van der Waals surface area contributed by atoms with Crippen molar-refractivity contribution in [2.45, 2.75) is 32.9 Å². The summed E-state index contributed by atoms with van der Waals surface area (Å²) in [5, 5.41) is 10.1. The summed E-state index contributed by atoms with van der Waals surface area (Å²) < 4.78 is 1.56. The standard InChI is InChI=1S/C20H23N3O2/c1-3-18(24)14-22(17-7-5-4-6-8-17)13-16-11-20(25)23-12-15(2)9-10-19(23)21-16/h4-12,18,24H,3,13-14H2,1-2H3/t18-/m0/s1. The third-order valence-corrected chi connectivity index (χ3v) is 4.24. The molecule has 0 radical (unpaired) electrons. The molecule has 25 heavy (non-hydrogen) atoms. The van der Waals surface area contributed by atoms with Crippen LogP contribution in [0.15, 0.2) is 59.5 Å². The topological polar surface area (TPSA) is 57.8 Å².